The number of nitrogen functional groups attached to an aromatic ring is 1. The van der Waals surface area contributed by atoms with Crippen LogP contribution in [0.4, 0.5) is 5.82 Å². The molecule has 0 aliphatic heterocycles. The molecular formula is C6H6Cl3N3. The van der Waals surface area contributed by atoms with Crippen LogP contribution in [0.3, 0.4) is 0 Å². The molecule has 0 fully saturated rings. The van der Waals surface area contributed by atoms with Crippen molar-refractivity contribution in [2.75, 3.05) is 5.73 Å². The van der Waals surface area contributed by atoms with E-state index in [-0.39, 0.29) is 4.49 Å². The highest BCUT2D eigenvalue weighted by Gasteiger charge is 2.00. The van der Waals surface area contributed by atoms with E-state index in [1.54, 1.807) is 17.0 Å². The van der Waals surface area contributed by atoms with Crippen molar-refractivity contribution in [1.82, 2.24) is 9.78 Å². The third kappa shape index (κ3) is 2.59. The van der Waals surface area contributed by atoms with E-state index in [4.69, 9.17) is 40.5 Å². The maximum Gasteiger partial charge on any atom is 0.164 e. The summed E-state index contributed by atoms with van der Waals surface area (Å²) in [5, 5.41) is 4.31. The Hall–Kier alpha value is -0.380. The van der Waals surface area contributed by atoms with E-state index in [0.29, 0.717) is 17.4 Å². The monoisotopic (exact) mass is 225 g/mol. The van der Waals surface area contributed by atoms with Crippen LogP contribution < -0.4 is 5.73 Å². The minimum absolute atomic E-state index is 0.195. The van der Waals surface area contributed by atoms with Gasteiger partial charge in [-0.1, -0.05) is 34.8 Å². The highest BCUT2D eigenvalue weighted by molar-refractivity contribution is 6.55. The maximum absolute atomic E-state index is 5.65. The zero-order valence-electron chi connectivity index (χ0n) is 5.97. The van der Waals surface area contributed by atoms with Crippen LogP contribution in [0.1, 0.15) is 0 Å². The predicted molar refractivity (Wildman–Crippen MR) is 51.4 cm³/mol. The van der Waals surface area contributed by atoms with E-state index in [0.717, 1.165) is 0 Å². The van der Waals surface area contributed by atoms with Crippen molar-refractivity contribution >= 4 is 40.6 Å². The maximum atomic E-state index is 5.65. The van der Waals surface area contributed by atoms with Crippen LogP contribution in [-0.4, -0.2) is 9.78 Å². The lowest BCUT2D eigenvalue weighted by Gasteiger charge is -1.92. The van der Waals surface area contributed by atoms with E-state index in [1.165, 1.54) is 0 Å². The van der Waals surface area contributed by atoms with Gasteiger partial charge in [-0.25, -0.2) is 0 Å². The van der Waals surface area contributed by atoms with Gasteiger partial charge in [0.05, 0.1) is 6.54 Å². The number of rotatable bonds is 2. The van der Waals surface area contributed by atoms with Gasteiger partial charge in [-0.2, -0.15) is 5.10 Å². The van der Waals surface area contributed by atoms with E-state index in [9.17, 15) is 0 Å². The molecule has 1 aromatic rings. The molecule has 0 aliphatic rings. The molecule has 0 atom stereocenters. The summed E-state index contributed by atoms with van der Waals surface area (Å²) >= 11 is 16.4. The Balaban J connectivity index is 2.71. The van der Waals surface area contributed by atoms with Crippen molar-refractivity contribution in [2.45, 2.75) is 6.54 Å². The second kappa shape index (κ2) is 4.03. The van der Waals surface area contributed by atoms with Gasteiger partial charge in [0.1, 0.15) is 9.51 Å². The first kappa shape index (κ1) is 9.71. The summed E-state index contributed by atoms with van der Waals surface area (Å²) in [5.41, 5.74) is 5.40. The van der Waals surface area contributed by atoms with Crippen molar-refractivity contribution in [1.29, 1.82) is 0 Å². The standard InChI is InChI=1S/C6H6Cl3N3/c7-4-3-12(11-6(4)10)2-1-5(8)9/h1,3H,2H2,(H2,10,11). The number of halogens is 3. The number of anilines is 1. The molecule has 0 saturated heterocycles. The number of hydrogen-bond donors (Lipinski definition) is 1. The van der Waals surface area contributed by atoms with Gasteiger partial charge in [0.2, 0.25) is 0 Å². The van der Waals surface area contributed by atoms with E-state index in [1.807, 2.05) is 0 Å². The van der Waals surface area contributed by atoms with Crippen LogP contribution in [0.25, 0.3) is 0 Å². The summed E-state index contributed by atoms with van der Waals surface area (Å²) in [7, 11) is 0. The van der Waals surface area contributed by atoms with E-state index >= 15 is 0 Å². The van der Waals surface area contributed by atoms with Crippen LogP contribution >= 0.6 is 34.8 Å². The zero-order chi connectivity index (χ0) is 9.14. The van der Waals surface area contributed by atoms with E-state index in [2.05, 4.69) is 5.10 Å². The fourth-order valence-corrected chi connectivity index (χ4v) is 0.957. The highest BCUT2D eigenvalue weighted by Crippen LogP contribution is 2.15. The Bertz CT molecular complexity index is 281. The number of hydrogen-bond acceptors (Lipinski definition) is 2. The topological polar surface area (TPSA) is 43.8 Å². The molecule has 1 heterocycles. The lowest BCUT2D eigenvalue weighted by molar-refractivity contribution is 0.705. The quantitative estimate of drug-likeness (QED) is 0.842. The summed E-state index contributed by atoms with van der Waals surface area (Å²) in [6.45, 7) is 0.458. The molecule has 1 rings (SSSR count). The molecule has 0 bridgehead atoms. The normalized spacial score (nSPS) is 9.92. The number of allylic oxidation sites excluding steroid dienone is 1. The third-order valence-corrected chi connectivity index (χ3v) is 1.78. The number of nitrogens with two attached hydrogens (primary N) is 1. The van der Waals surface area contributed by atoms with Gasteiger partial charge >= 0.3 is 0 Å². The molecule has 66 valence electrons. The molecule has 1 aromatic heterocycles. The third-order valence-electron chi connectivity index (χ3n) is 1.18. The van der Waals surface area contributed by atoms with Crippen LogP contribution in [0.15, 0.2) is 16.8 Å². The molecule has 0 aliphatic carbocycles. The molecule has 2 N–H and O–H groups in total. The van der Waals surface area contributed by atoms with Gasteiger partial charge in [0.15, 0.2) is 5.82 Å². The Kier molecular flexibility index (Phi) is 3.26. The number of nitrogens with zero attached hydrogens (tertiary/aromatic N) is 2. The van der Waals surface area contributed by atoms with Crippen LogP contribution in [0, 0.1) is 0 Å². The molecule has 0 spiro atoms. The van der Waals surface area contributed by atoms with Gasteiger partial charge in [0, 0.05) is 6.20 Å². The highest BCUT2D eigenvalue weighted by atomic mass is 35.5. The molecule has 0 aromatic carbocycles. The number of aromatic nitrogens is 2. The van der Waals surface area contributed by atoms with Crippen LogP contribution in [0.2, 0.25) is 5.02 Å². The average molecular weight is 226 g/mol. The van der Waals surface area contributed by atoms with Gasteiger partial charge < -0.3 is 5.73 Å². The van der Waals surface area contributed by atoms with Crippen LogP contribution in [-0.2, 0) is 6.54 Å². The molecular weight excluding hydrogens is 220 g/mol. The first-order valence-corrected chi connectivity index (χ1v) is 4.22. The van der Waals surface area contributed by atoms with E-state index < -0.39 is 0 Å². The summed E-state index contributed by atoms with van der Waals surface area (Å²) in [4.78, 5) is 0. The lowest BCUT2D eigenvalue weighted by atomic mass is 10.6. The Morgan fingerprint density at radius 1 is 1.67 bits per heavy atom. The lowest BCUT2D eigenvalue weighted by Crippen LogP contribution is -1.96. The first-order valence-electron chi connectivity index (χ1n) is 3.09. The first-order chi connectivity index (χ1) is 5.59. The second-order valence-corrected chi connectivity index (χ2v) is 3.49. The molecule has 0 unspecified atom stereocenters. The van der Waals surface area contributed by atoms with Crippen molar-refractivity contribution < 1.29 is 0 Å². The van der Waals surface area contributed by atoms with Crippen molar-refractivity contribution in [3.05, 3.63) is 21.8 Å². The minimum Gasteiger partial charge on any atom is -0.381 e. The summed E-state index contributed by atoms with van der Waals surface area (Å²) < 4.78 is 1.74. The zero-order valence-corrected chi connectivity index (χ0v) is 8.24. The van der Waals surface area contributed by atoms with Crippen LogP contribution in [0.5, 0.6) is 0 Å². The molecule has 0 amide bonds. The van der Waals surface area contributed by atoms with Gasteiger partial charge in [-0.15, -0.1) is 0 Å². The molecule has 3 nitrogen and oxygen atoms in total. The summed E-state index contributed by atoms with van der Waals surface area (Å²) in [6, 6.07) is 0. The van der Waals surface area contributed by atoms with Crippen molar-refractivity contribution in [3.63, 3.8) is 0 Å². The average Bonchev–Trinajstić information content (AvgIpc) is 2.28. The molecule has 6 heteroatoms. The second-order valence-electron chi connectivity index (χ2n) is 2.08. The van der Waals surface area contributed by atoms with Gasteiger partial charge in [0.25, 0.3) is 0 Å². The SMILES string of the molecule is Nc1nn(CC=C(Cl)Cl)cc1Cl. The Morgan fingerprint density at radius 2 is 2.33 bits per heavy atom. The predicted octanol–water partition coefficient (Wildman–Crippen LogP) is 2.44. The van der Waals surface area contributed by atoms with Gasteiger partial charge in [-0.05, 0) is 6.08 Å². The molecule has 0 saturated carbocycles. The van der Waals surface area contributed by atoms with Gasteiger partial charge in [-0.3, -0.25) is 4.68 Å². The molecule has 12 heavy (non-hydrogen) atoms. The Morgan fingerprint density at radius 3 is 2.75 bits per heavy atom. The van der Waals surface area contributed by atoms with Crippen molar-refractivity contribution in [2.24, 2.45) is 0 Å². The summed E-state index contributed by atoms with van der Waals surface area (Å²) in [6.07, 6.45) is 3.19. The minimum atomic E-state index is 0.195. The summed E-state index contributed by atoms with van der Waals surface area (Å²) in [5.74, 6) is 0.302. The smallest absolute Gasteiger partial charge is 0.164 e. The fourth-order valence-electron chi connectivity index (χ4n) is 0.668. The molecule has 0 radical (unpaired) electrons. The Labute approximate surface area is 84.7 Å². The fraction of sp³-hybridized carbons (Fsp3) is 0.167. The largest absolute Gasteiger partial charge is 0.381 e. The van der Waals surface area contributed by atoms with Crippen molar-refractivity contribution in [3.8, 4) is 0 Å².